The van der Waals surface area contributed by atoms with Crippen molar-refractivity contribution in [2.75, 3.05) is 0 Å². The highest BCUT2D eigenvalue weighted by atomic mass is 35.5. The van der Waals surface area contributed by atoms with E-state index in [2.05, 4.69) is 15.1 Å². The van der Waals surface area contributed by atoms with Crippen molar-refractivity contribution in [2.24, 2.45) is 0 Å². The van der Waals surface area contributed by atoms with Crippen LogP contribution in [-0.4, -0.2) is 19.7 Å². The van der Waals surface area contributed by atoms with Crippen molar-refractivity contribution in [1.82, 2.24) is 19.7 Å². The SMILES string of the molecule is Cc1cc(Cl)c(COc2ccc3nc(C)cc(-c4conc4C)c3c2)c(Cn2cccc(C#N)c2=O)n1. The van der Waals surface area contributed by atoms with Crippen LogP contribution in [0.3, 0.4) is 0 Å². The number of ether oxygens (including phenoxy) is 1. The van der Waals surface area contributed by atoms with Crippen molar-refractivity contribution in [3.63, 3.8) is 0 Å². The number of pyridine rings is 3. The molecule has 5 aromatic rings. The molecule has 0 fully saturated rings. The molecule has 0 saturated heterocycles. The highest BCUT2D eigenvalue weighted by Crippen LogP contribution is 2.33. The van der Waals surface area contributed by atoms with Crippen LogP contribution in [0.25, 0.3) is 22.0 Å². The molecule has 0 unspecified atom stereocenters. The van der Waals surface area contributed by atoms with E-state index < -0.39 is 0 Å². The molecule has 9 heteroatoms. The van der Waals surface area contributed by atoms with Crippen LogP contribution in [0.1, 0.15) is 33.9 Å². The Morgan fingerprint density at radius 3 is 2.65 bits per heavy atom. The Bertz CT molecular complexity index is 1750. The second-order valence-electron chi connectivity index (χ2n) is 8.73. The molecule has 0 aliphatic rings. The largest absolute Gasteiger partial charge is 0.489 e. The monoisotopic (exact) mass is 511 g/mol. The summed E-state index contributed by atoms with van der Waals surface area (Å²) in [7, 11) is 0. The van der Waals surface area contributed by atoms with Crippen LogP contribution >= 0.6 is 11.6 Å². The first-order valence-electron chi connectivity index (χ1n) is 11.5. The zero-order valence-corrected chi connectivity index (χ0v) is 21.2. The first-order valence-corrected chi connectivity index (χ1v) is 11.9. The van der Waals surface area contributed by atoms with Gasteiger partial charge in [-0.25, -0.2) is 0 Å². The van der Waals surface area contributed by atoms with E-state index in [0.29, 0.717) is 27.7 Å². The third kappa shape index (κ3) is 4.82. The number of halogens is 1. The molecular weight excluding hydrogens is 490 g/mol. The van der Waals surface area contributed by atoms with Crippen LogP contribution < -0.4 is 10.3 Å². The number of fused-ring (bicyclic) bond motifs is 1. The molecule has 0 amide bonds. The normalized spacial score (nSPS) is 11.0. The summed E-state index contributed by atoms with van der Waals surface area (Å²) >= 11 is 6.60. The topological polar surface area (TPSA) is 107 Å². The summed E-state index contributed by atoms with van der Waals surface area (Å²) in [5.74, 6) is 0.625. The lowest BCUT2D eigenvalue weighted by Gasteiger charge is -2.15. The standard InChI is InChI=1S/C28H22ClN5O3/c1-16-9-21(23-15-37-33-18(23)3)22-11-20(6-7-26(22)31-16)36-14-24-25(29)10-17(2)32-27(24)13-34-8-4-5-19(12-30)28(34)35/h4-11,15H,13-14H2,1-3H3. The predicted octanol–water partition coefficient (Wildman–Crippen LogP) is 5.52. The van der Waals surface area contributed by atoms with Crippen molar-refractivity contribution >= 4 is 22.5 Å². The second-order valence-corrected chi connectivity index (χ2v) is 9.14. The minimum atomic E-state index is -0.384. The Balaban J connectivity index is 1.49. The van der Waals surface area contributed by atoms with E-state index in [9.17, 15) is 10.1 Å². The van der Waals surface area contributed by atoms with Gasteiger partial charge in [-0.1, -0.05) is 16.8 Å². The maximum Gasteiger partial charge on any atom is 0.268 e. The maximum absolute atomic E-state index is 12.6. The second kappa shape index (κ2) is 9.88. The van der Waals surface area contributed by atoms with Crippen molar-refractivity contribution in [3.05, 3.63) is 104 Å². The lowest BCUT2D eigenvalue weighted by Crippen LogP contribution is -2.23. The van der Waals surface area contributed by atoms with Crippen LogP contribution in [0.15, 0.2) is 64.2 Å². The lowest BCUT2D eigenvalue weighted by molar-refractivity contribution is 0.304. The minimum Gasteiger partial charge on any atom is -0.489 e. The number of rotatable bonds is 6. The van der Waals surface area contributed by atoms with Crippen molar-refractivity contribution in [2.45, 2.75) is 33.9 Å². The maximum atomic E-state index is 12.6. The fourth-order valence-electron chi connectivity index (χ4n) is 4.27. The average Bonchev–Trinajstić information content (AvgIpc) is 3.29. The molecule has 0 aliphatic carbocycles. The summed E-state index contributed by atoms with van der Waals surface area (Å²) < 4.78 is 12.8. The van der Waals surface area contributed by atoms with Gasteiger partial charge in [0, 0.05) is 34.1 Å². The zero-order valence-electron chi connectivity index (χ0n) is 20.4. The molecule has 184 valence electrons. The molecule has 0 radical (unpaired) electrons. The summed E-state index contributed by atoms with van der Waals surface area (Å²) in [6.07, 6.45) is 3.25. The van der Waals surface area contributed by atoms with Gasteiger partial charge in [0.2, 0.25) is 0 Å². The number of hydrogen-bond donors (Lipinski definition) is 0. The molecule has 0 bridgehead atoms. The number of nitriles is 1. The van der Waals surface area contributed by atoms with E-state index in [1.807, 2.05) is 51.1 Å². The summed E-state index contributed by atoms with van der Waals surface area (Å²) in [6, 6.07) is 14.5. The van der Waals surface area contributed by atoms with Crippen LogP contribution in [0, 0.1) is 32.1 Å². The number of aromatic nitrogens is 4. The molecule has 0 spiro atoms. The first kappa shape index (κ1) is 24.2. The number of benzene rings is 1. The first-order chi connectivity index (χ1) is 17.8. The van der Waals surface area contributed by atoms with E-state index in [1.54, 1.807) is 24.6 Å². The smallest absolute Gasteiger partial charge is 0.268 e. The third-order valence-electron chi connectivity index (χ3n) is 6.08. The third-order valence-corrected chi connectivity index (χ3v) is 6.41. The average molecular weight is 512 g/mol. The highest BCUT2D eigenvalue weighted by Gasteiger charge is 2.16. The molecule has 37 heavy (non-hydrogen) atoms. The van der Waals surface area contributed by atoms with Crippen molar-refractivity contribution in [1.29, 1.82) is 5.26 Å². The van der Waals surface area contributed by atoms with Crippen LogP contribution in [-0.2, 0) is 13.2 Å². The van der Waals surface area contributed by atoms with Crippen LogP contribution in [0.2, 0.25) is 5.02 Å². The zero-order chi connectivity index (χ0) is 26.1. The van der Waals surface area contributed by atoms with Crippen molar-refractivity contribution in [3.8, 4) is 22.9 Å². The van der Waals surface area contributed by atoms with Gasteiger partial charge in [0.1, 0.15) is 30.3 Å². The molecule has 0 aliphatic heterocycles. The molecule has 4 heterocycles. The highest BCUT2D eigenvalue weighted by molar-refractivity contribution is 6.31. The van der Waals surface area contributed by atoms with Gasteiger partial charge >= 0.3 is 0 Å². The van der Waals surface area contributed by atoms with E-state index in [0.717, 1.165) is 33.4 Å². The van der Waals surface area contributed by atoms with Gasteiger partial charge in [-0.15, -0.1) is 0 Å². The lowest BCUT2D eigenvalue weighted by atomic mass is 10.0. The minimum absolute atomic E-state index is 0.0675. The Kier molecular flexibility index (Phi) is 6.47. The summed E-state index contributed by atoms with van der Waals surface area (Å²) in [5.41, 5.74) is 6.02. The molecule has 0 saturated carbocycles. The molecule has 8 nitrogen and oxygen atoms in total. The fourth-order valence-corrected chi connectivity index (χ4v) is 4.59. The van der Waals surface area contributed by atoms with Gasteiger partial charge < -0.3 is 13.8 Å². The summed E-state index contributed by atoms with van der Waals surface area (Å²) in [6.45, 7) is 5.97. The summed E-state index contributed by atoms with van der Waals surface area (Å²) in [4.78, 5) is 21.9. The van der Waals surface area contributed by atoms with Gasteiger partial charge in [-0.3, -0.25) is 14.8 Å². The quantitative estimate of drug-likeness (QED) is 0.295. The van der Waals surface area contributed by atoms with E-state index in [-0.39, 0.29) is 24.3 Å². The fraction of sp³-hybridized carbons (Fsp3) is 0.179. The molecule has 5 rings (SSSR count). The molecule has 0 N–H and O–H groups in total. The van der Waals surface area contributed by atoms with Gasteiger partial charge in [0.05, 0.1) is 28.5 Å². The Morgan fingerprint density at radius 2 is 1.89 bits per heavy atom. The van der Waals surface area contributed by atoms with Gasteiger partial charge in [-0.2, -0.15) is 5.26 Å². The summed E-state index contributed by atoms with van der Waals surface area (Å²) in [5, 5.41) is 14.6. The number of nitrogens with zero attached hydrogens (tertiary/aromatic N) is 5. The Hall–Kier alpha value is -4.48. The van der Waals surface area contributed by atoms with Crippen molar-refractivity contribution < 1.29 is 9.26 Å². The Labute approximate surface area is 217 Å². The van der Waals surface area contributed by atoms with Gasteiger partial charge in [0.15, 0.2) is 0 Å². The molecule has 1 aromatic carbocycles. The Morgan fingerprint density at radius 1 is 1.08 bits per heavy atom. The van der Waals surface area contributed by atoms with E-state index >= 15 is 0 Å². The van der Waals surface area contributed by atoms with E-state index in [1.165, 1.54) is 10.6 Å². The van der Waals surface area contributed by atoms with Crippen LogP contribution in [0.4, 0.5) is 0 Å². The number of hydrogen-bond acceptors (Lipinski definition) is 7. The molecule has 0 atom stereocenters. The van der Waals surface area contributed by atoms with Gasteiger partial charge in [0.25, 0.3) is 5.56 Å². The molecular formula is C28H22ClN5O3. The molecule has 4 aromatic heterocycles. The van der Waals surface area contributed by atoms with Gasteiger partial charge in [-0.05, 0) is 68.8 Å². The predicted molar refractivity (Wildman–Crippen MR) is 140 cm³/mol. The van der Waals surface area contributed by atoms with E-state index in [4.69, 9.17) is 20.9 Å². The number of aryl methyl sites for hydroxylation is 3. The van der Waals surface area contributed by atoms with Crippen LogP contribution in [0.5, 0.6) is 5.75 Å².